The molecule has 0 saturated carbocycles. The highest BCUT2D eigenvalue weighted by molar-refractivity contribution is 5.84. The van der Waals surface area contributed by atoms with Gasteiger partial charge in [0, 0.05) is 25.5 Å². The molecule has 3 aromatic carbocycles. The lowest BCUT2D eigenvalue weighted by atomic mass is 10.0. The number of rotatable bonds is 8. The van der Waals surface area contributed by atoms with Crippen molar-refractivity contribution < 1.29 is 27.9 Å². The SMILES string of the molecule is CNC(=O)CCc1cc(-c2ccc(-c3ccc(C(F)(F)F)cc3)cc2)n(-c2ccc(-n3cc(C(=O)O)nn3)cc2)n1. The number of hydrogen-bond acceptors (Lipinski definition) is 5. The molecule has 0 aliphatic heterocycles. The predicted octanol–water partition coefficient (Wildman–Crippen LogP) is 5.18. The molecular formula is C29H23F3N6O3. The largest absolute Gasteiger partial charge is 0.476 e. The molecule has 41 heavy (non-hydrogen) atoms. The molecule has 0 spiro atoms. The highest BCUT2D eigenvalue weighted by Gasteiger charge is 2.30. The van der Waals surface area contributed by atoms with Crippen LogP contribution in [0.25, 0.3) is 33.8 Å². The van der Waals surface area contributed by atoms with Crippen LogP contribution < -0.4 is 5.32 Å². The Morgan fingerprint density at radius 2 is 1.46 bits per heavy atom. The quantitative estimate of drug-likeness (QED) is 0.270. The van der Waals surface area contributed by atoms with Gasteiger partial charge in [-0.1, -0.05) is 41.6 Å². The van der Waals surface area contributed by atoms with Crippen LogP contribution in [-0.4, -0.2) is 48.8 Å². The summed E-state index contributed by atoms with van der Waals surface area (Å²) < 4.78 is 41.9. The minimum Gasteiger partial charge on any atom is -0.476 e. The molecule has 0 aliphatic rings. The standard InChI is InChI=1S/C29H23F3N6O3/c1-33-27(39)15-10-22-16-26(20-4-2-18(3-5-20)19-6-8-21(9-7-19)29(30,31)32)38(35-22)24-13-11-23(12-14-24)37-17-25(28(40)41)34-36-37/h2-9,11-14,16-17H,10,15H2,1H3,(H,33,39)(H,40,41). The Balaban J connectivity index is 1.46. The Morgan fingerprint density at radius 1 is 0.878 bits per heavy atom. The lowest BCUT2D eigenvalue weighted by Gasteiger charge is -2.10. The zero-order valence-corrected chi connectivity index (χ0v) is 21.6. The zero-order chi connectivity index (χ0) is 29.1. The maximum absolute atomic E-state index is 12.9. The minimum absolute atomic E-state index is 0.111. The van der Waals surface area contributed by atoms with Crippen molar-refractivity contribution in [1.29, 1.82) is 0 Å². The number of aromatic nitrogens is 5. The lowest BCUT2D eigenvalue weighted by molar-refractivity contribution is -0.137. The fraction of sp³-hybridized carbons (Fsp3) is 0.138. The Morgan fingerprint density at radius 3 is 2.02 bits per heavy atom. The van der Waals surface area contributed by atoms with E-state index in [0.29, 0.717) is 29.1 Å². The second-order valence-electron chi connectivity index (χ2n) is 9.13. The summed E-state index contributed by atoms with van der Waals surface area (Å²) >= 11 is 0. The van der Waals surface area contributed by atoms with Crippen molar-refractivity contribution in [1.82, 2.24) is 30.1 Å². The van der Waals surface area contributed by atoms with Crippen LogP contribution in [0, 0.1) is 0 Å². The first-order valence-electron chi connectivity index (χ1n) is 12.5. The van der Waals surface area contributed by atoms with Crippen LogP contribution in [0.5, 0.6) is 0 Å². The molecule has 5 rings (SSSR count). The number of carbonyl (C=O) groups excluding carboxylic acids is 1. The van der Waals surface area contributed by atoms with E-state index in [1.54, 1.807) is 36.0 Å². The molecule has 2 aromatic heterocycles. The fourth-order valence-electron chi connectivity index (χ4n) is 4.24. The zero-order valence-electron chi connectivity index (χ0n) is 21.6. The summed E-state index contributed by atoms with van der Waals surface area (Å²) in [5, 5.41) is 23.9. The third-order valence-corrected chi connectivity index (χ3v) is 6.44. The highest BCUT2D eigenvalue weighted by Crippen LogP contribution is 2.32. The minimum atomic E-state index is -4.40. The van der Waals surface area contributed by atoms with E-state index in [-0.39, 0.29) is 18.0 Å². The normalized spacial score (nSPS) is 11.4. The van der Waals surface area contributed by atoms with Crippen molar-refractivity contribution in [3.05, 3.63) is 102 Å². The Labute approximate surface area is 231 Å². The summed E-state index contributed by atoms with van der Waals surface area (Å²) in [5.41, 5.74) is 4.09. The number of halogens is 3. The highest BCUT2D eigenvalue weighted by atomic mass is 19.4. The molecule has 208 valence electrons. The number of benzene rings is 3. The summed E-state index contributed by atoms with van der Waals surface area (Å²) in [7, 11) is 1.57. The number of aromatic carboxylic acids is 1. The van der Waals surface area contributed by atoms with Gasteiger partial charge in [-0.2, -0.15) is 18.3 Å². The van der Waals surface area contributed by atoms with Gasteiger partial charge in [0.05, 0.1) is 34.5 Å². The van der Waals surface area contributed by atoms with Crippen molar-refractivity contribution in [2.45, 2.75) is 19.0 Å². The van der Waals surface area contributed by atoms with Gasteiger partial charge in [-0.25, -0.2) is 14.2 Å². The van der Waals surface area contributed by atoms with Crippen molar-refractivity contribution >= 4 is 11.9 Å². The average molecular weight is 561 g/mol. The van der Waals surface area contributed by atoms with Gasteiger partial charge in [0.1, 0.15) is 0 Å². The van der Waals surface area contributed by atoms with Gasteiger partial charge in [0.2, 0.25) is 5.91 Å². The third kappa shape index (κ3) is 6.01. The lowest BCUT2D eigenvalue weighted by Crippen LogP contribution is -2.18. The molecule has 2 N–H and O–H groups in total. The summed E-state index contributed by atoms with van der Waals surface area (Å²) in [6.45, 7) is 0. The number of nitrogens with zero attached hydrogens (tertiary/aromatic N) is 5. The van der Waals surface area contributed by atoms with Crippen molar-refractivity contribution in [2.75, 3.05) is 7.05 Å². The Bertz CT molecular complexity index is 1690. The number of carboxylic acid groups (broad SMARTS) is 1. The summed E-state index contributed by atoms with van der Waals surface area (Å²) in [6.07, 6.45) is -2.41. The summed E-state index contributed by atoms with van der Waals surface area (Å²) in [4.78, 5) is 23.0. The molecule has 9 nitrogen and oxygen atoms in total. The van der Waals surface area contributed by atoms with Crippen LogP contribution >= 0.6 is 0 Å². The van der Waals surface area contributed by atoms with E-state index >= 15 is 0 Å². The van der Waals surface area contributed by atoms with Crippen LogP contribution in [0.1, 0.15) is 28.2 Å². The van der Waals surface area contributed by atoms with E-state index in [4.69, 9.17) is 10.2 Å². The molecule has 0 radical (unpaired) electrons. The average Bonchev–Trinajstić information content (AvgIpc) is 3.64. The first-order chi connectivity index (χ1) is 19.6. The molecule has 5 aromatic rings. The molecule has 0 aliphatic carbocycles. The van der Waals surface area contributed by atoms with Crippen molar-refractivity contribution in [2.24, 2.45) is 0 Å². The van der Waals surface area contributed by atoms with Crippen molar-refractivity contribution in [3.8, 4) is 33.8 Å². The van der Waals surface area contributed by atoms with E-state index in [2.05, 4.69) is 15.6 Å². The Kier molecular flexibility index (Phi) is 7.38. The van der Waals surface area contributed by atoms with Crippen LogP contribution in [0.3, 0.4) is 0 Å². The van der Waals surface area contributed by atoms with Gasteiger partial charge in [-0.05, 0) is 53.6 Å². The third-order valence-electron chi connectivity index (χ3n) is 6.44. The second-order valence-corrected chi connectivity index (χ2v) is 9.13. The van der Waals surface area contributed by atoms with E-state index < -0.39 is 17.7 Å². The van der Waals surface area contributed by atoms with Gasteiger partial charge in [0.25, 0.3) is 0 Å². The number of hydrogen-bond donors (Lipinski definition) is 2. The first-order valence-corrected chi connectivity index (χ1v) is 12.5. The van der Waals surface area contributed by atoms with Gasteiger partial charge in [0.15, 0.2) is 5.69 Å². The molecular weight excluding hydrogens is 537 g/mol. The first kappa shape index (κ1) is 27.3. The summed E-state index contributed by atoms with van der Waals surface area (Å²) in [5.74, 6) is -1.29. The molecule has 12 heteroatoms. The van der Waals surface area contributed by atoms with E-state index in [9.17, 15) is 22.8 Å². The van der Waals surface area contributed by atoms with Gasteiger partial charge < -0.3 is 10.4 Å². The number of nitrogens with one attached hydrogen (secondary N) is 1. The maximum atomic E-state index is 12.9. The number of aryl methyl sites for hydroxylation is 1. The second kappa shape index (κ2) is 11.1. The topological polar surface area (TPSA) is 115 Å². The smallest absolute Gasteiger partial charge is 0.416 e. The van der Waals surface area contributed by atoms with Gasteiger partial charge >= 0.3 is 12.1 Å². The number of carbonyl (C=O) groups is 2. The summed E-state index contributed by atoms with van der Waals surface area (Å²) in [6, 6.07) is 21.4. The molecule has 0 saturated heterocycles. The fourth-order valence-corrected chi connectivity index (χ4v) is 4.24. The van der Waals surface area contributed by atoms with E-state index in [0.717, 1.165) is 29.0 Å². The van der Waals surface area contributed by atoms with Gasteiger partial charge in [-0.15, -0.1) is 5.10 Å². The monoisotopic (exact) mass is 560 g/mol. The Hall–Kier alpha value is -5.26. The molecule has 0 atom stereocenters. The van der Waals surface area contributed by atoms with Crippen LogP contribution in [-0.2, 0) is 17.4 Å². The number of carboxylic acids is 1. The van der Waals surface area contributed by atoms with E-state index in [1.165, 1.54) is 23.0 Å². The van der Waals surface area contributed by atoms with Crippen LogP contribution in [0.15, 0.2) is 85.1 Å². The van der Waals surface area contributed by atoms with Crippen molar-refractivity contribution in [3.63, 3.8) is 0 Å². The molecule has 0 fully saturated rings. The number of alkyl halides is 3. The molecule has 0 unspecified atom stereocenters. The van der Waals surface area contributed by atoms with Crippen LogP contribution in [0.2, 0.25) is 0 Å². The van der Waals surface area contributed by atoms with E-state index in [1.807, 2.05) is 30.3 Å². The van der Waals surface area contributed by atoms with Gasteiger partial charge in [-0.3, -0.25) is 4.79 Å². The predicted molar refractivity (Wildman–Crippen MR) is 144 cm³/mol. The van der Waals surface area contributed by atoms with Crippen LogP contribution in [0.4, 0.5) is 13.2 Å². The molecule has 2 heterocycles. The molecule has 1 amide bonds. The number of amides is 1. The maximum Gasteiger partial charge on any atom is 0.416 e. The molecule has 0 bridgehead atoms.